The lowest BCUT2D eigenvalue weighted by atomic mass is 10.2. The van der Waals surface area contributed by atoms with Crippen LogP contribution in [0.4, 0.5) is 0 Å². The van der Waals surface area contributed by atoms with E-state index in [1.165, 1.54) is 10.4 Å². The summed E-state index contributed by atoms with van der Waals surface area (Å²) in [5, 5.41) is 8.84. The molecule has 2 heterocycles. The Bertz CT molecular complexity index is 839. The molecule has 1 aromatic carbocycles. The Hall–Kier alpha value is -2.44. The second-order valence-electron chi connectivity index (χ2n) is 5.34. The number of oxime groups is 1. The van der Waals surface area contributed by atoms with Gasteiger partial charge in [0.1, 0.15) is 0 Å². The molecule has 0 saturated heterocycles. The van der Waals surface area contributed by atoms with Gasteiger partial charge in [0.2, 0.25) is 0 Å². The van der Waals surface area contributed by atoms with Gasteiger partial charge in [-0.3, -0.25) is 4.79 Å². The molecule has 0 bridgehead atoms. The largest absolute Gasteiger partial charge is 0.385 e. The van der Waals surface area contributed by atoms with Crippen LogP contribution in [0.5, 0.6) is 0 Å². The molecule has 0 saturated carbocycles. The molecule has 2 aromatic heterocycles. The lowest BCUT2D eigenvalue weighted by molar-refractivity contribution is -0.125. The summed E-state index contributed by atoms with van der Waals surface area (Å²) in [7, 11) is 0. The molecule has 0 unspecified atom stereocenters. The third-order valence-corrected chi connectivity index (χ3v) is 5.58. The van der Waals surface area contributed by atoms with Gasteiger partial charge in [0.25, 0.3) is 5.91 Å². The highest BCUT2D eigenvalue weighted by molar-refractivity contribution is 7.17. The summed E-state index contributed by atoms with van der Waals surface area (Å²) in [6.07, 6.45) is 0. The monoisotopic (exact) mass is 370 g/mol. The van der Waals surface area contributed by atoms with Crippen molar-refractivity contribution in [1.29, 1.82) is 0 Å². The summed E-state index contributed by atoms with van der Waals surface area (Å²) in [6, 6.07) is 18.2. The van der Waals surface area contributed by atoms with Crippen molar-refractivity contribution in [2.75, 3.05) is 6.61 Å². The van der Waals surface area contributed by atoms with Gasteiger partial charge in [-0.15, -0.1) is 22.7 Å². The Morgan fingerprint density at radius 1 is 1.12 bits per heavy atom. The topological polar surface area (TPSA) is 50.7 Å². The van der Waals surface area contributed by atoms with Gasteiger partial charge in [0.15, 0.2) is 6.61 Å². The molecule has 128 valence electrons. The minimum atomic E-state index is -0.180. The van der Waals surface area contributed by atoms with Crippen LogP contribution in [0.1, 0.15) is 16.7 Å². The van der Waals surface area contributed by atoms with Gasteiger partial charge in [-0.25, -0.2) is 0 Å². The number of nitrogens with one attached hydrogen (secondary N) is 1. The molecular formula is C19H18N2O2S2. The molecule has 6 heteroatoms. The normalized spacial score (nSPS) is 11.3. The fourth-order valence-corrected chi connectivity index (χ4v) is 3.77. The van der Waals surface area contributed by atoms with E-state index < -0.39 is 0 Å². The van der Waals surface area contributed by atoms with E-state index >= 15 is 0 Å². The fourth-order valence-electron chi connectivity index (χ4n) is 2.17. The van der Waals surface area contributed by atoms with Crippen LogP contribution in [0.25, 0.3) is 10.4 Å². The summed E-state index contributed by atoms with van der Waals surface area (Å²) in [5.41, 5.74) is 1.94. The second kappa shape index (κ2) is 8.60. The Labute approximate surface area is 154 Å². The number of carbonyl (C=O) groups is 1. The minimum Gasteiger partial charge on any atom is -0.385 e. The summed E-state index contributed by atoms with van der Waals surface area (Å²) in [6.45, 7) is 2.32. The third-order valence-electron chi connectivity index (χ3n) is 3.46. The van der Waals surface area contributed by atoms with Gasteiger partial charge in [-0.1, -0.05) is 41.6 Å². The average Bonchev–Trinajstić information content (AvgIpc) is 3.32. The first-order valence-electron chi connectivity index (χ1n) is 7.83. The zero-order valence-corrected chi connectivity index (χ0v) is 15.4. The number of rotatable bonds is 7. The van der Waals surface area contributed by atoms with Gasteiger partial charge in [0.05, 0.1) is 17.1 Å². The molecule has 0 radical (unpaired) electrons. The molecular weight excluding hydrogens is 352 g/mol. The smallest absolute Gasteiger partial charge is 0.261 e. The van der Waals surface area contributed by atoms with Crippen LogP contribution in [0.15, 0.2) is 65.1 Å². The van der Waals surface area contributed by atoms with Crippen molar-refractivity contribution in [1.82, 2.24) is 5.32 Å². The predicted molar refractivity (Wildman–Crippen MR) is 104 cm³/mol. The van der Waals surface area contributed by atoms with E-state index in [1.807, 2.05) is 48.7 Å². The van der Waals surface area contributed by atoms with E-state index in [0.29, 0.717) is 6.54 Å². The van der Waals surface area contributed by atoms with Gasteiger partial charge >= 0.3 is 0 Å². The maximum atomic E-state index is 11.7. The summed E-state index contributed by atoms with van der Waals surface area (Å²) in [5.74, 6) is -0.180. The van der Waals surface area contributed by atoms with Crippen molar-refractivity contribution in [3.8, 4) is 10.4 Å². The van der Waals surface area contributed by atoms with E-state index in [4.69, 9.17) is 4.84 Å². The number of hydrogen-bond acceptors (Lipinski definition) is 5. The number of nitrogens with zero attached hydrogens (tertiary/aromatic N) is 1. The van der Waals surface area contributed by atoms with E-state index in [-0.39, 0.29) is 12.5 Å². The standard InChI is InChI=1S/C19H18N2O2S2/c1-14(17-9-10-18(25-17)15-6-3-2-4-7-15)21-23-13-19(22)20-12-16-8-5-11-24-16/h2-11H,12-13H2,1H3,(H,20,22)/b21-14+. The zero-order valence-electron chi connectivity index (χ0n) is 13.8. The van der Waals surface area contributed by atoms with E-state index in [2.05, 4.69) is 28.7 Å². The molecule has 0 aliphatic heterocycles. The number of carbonyl (C=O) groups excluding carboxylic acids is 1. The van der Waals surface area contributed by atoms with Crippen LogP contribution in [0, 0.1) is 0 Å². The second-order valence-corrected chi connectivity index (χ2v) is 7.45. The van der Waals surface area contributed by atoms with Crippen molar-refractivity contribution < 1.29 is 9.63 Å². The molecule has 1 N–H and O–H groups in total. The Morgan fingerprint density at radius 3 is 2.72 bits per heavy atom. The van der Waals surface area contributed by atoms with Crippen molar-refractivity contribution in [3.63, 3.8) is 0 Å². The van der Waals surface area contributed by atoms with Crippen LogP contribution in [-0.2, 0) is 16.2 Å². The van der Waals surface area contributed by atoms with E-state index in [1.54, 1.807) is 22.7 Å². The quantitative estimate of drug-likeness (QED) is 0.490. The third kappa shape index (κ3) is 5.01. The first kappa shape index (κ1) is 17.4. The summed E-state index contributed by atoms with van der Waals surface area (Å²) in [4.78, 5) is 20.2. The van der Waals surface area contributed by atoms with Gasteiger partial charge in [-0.2, -0.15) is 0 Å². The number of hydrogen-bond donors (Lipinski definition) is 1. The number of benzene rings is 1. The molecule has 4 nitrogen and oxygen atoms in total. The first-order chi connectivity index (χ1) is 12.2. The summed E-state index contributed by atoms with van der Waals surface area (Å²) >= 11 is 3.26. The lowest BCUT2D eigenvalue weighted by Gasteiger charge is -2.03. The molecule has 0 aliphatic carbocycles. The highest BCUT2D eigenvalue weighted by Gasteiger charge is 2.06. The van der Waals surface area contributed by atoms with E-state index in [0.717, 1.165) is 15.5 Å². The maximum absolute atomic E-state index is 11.7. The molecule has 0 atom stereocenters. The van der Waals surface area contributed by atoms with Gasteiger partial charge in [-0.05, 0) is 36.1 Å². The number of amides is 1. The SMILES string of the molecule is C/C(=N\OCC(=O)NCc1cccs1)c1ccc(-c2ccccc2)s1. The minimum absolute atomic E-state index is 0.0837. The van der Waals surface area contributed by atoms with Crippen molar-refractivity contribution in [2.45, 2.75) is 13.5 Å². The molecule has 0 fully saturated rings. The Morgan fingerprint density at radius 2 is 1.96 bits per heavy atom. The Balaban J connectivity index is 1.50. The van der Waals surface area contributed by atoms with Gasteiger partial charge < -0.3 is 10.2 Å². The van der Waals surface area contributed by atoms with Crippen LogP contribution >= 0.6 is 22.7 Å². The molecule has 3 aromatic rings. The Kier molecular flexibility index (Phi) is 5.98. The summed E-state index contributed by atoms with van der Waals surface area (Å²) < 4.78 is 0. The maximum Gasteiger partial charge on any atom is 0.261 e. The molecule has 1 amide bonds. The molecule has 0 aliphatic rings. The first-order valence-corrected chi connectivity index (χ1v) is 9.53. The molecule has 0 spiro atoms. The molecule has 25 heavy (non-hydrogen) atoms. The highest BCUT2D eigenvalue weighted by atomic mass is 32.1. The lowest BCUT2D eigenvalue weighted by Crippen LogP contribution is -2.26. The van der Waals surface area contributed by atoms with Crippen molar-refractivity contribution in [3.05, 3.63) is 69.7 Å². The van der Waals surface area contributed by atoms with Crippen LogP contribution in [-0.4, -0.2) is 18.2 Å². The predicted octanol–water partition coefficient (Wildman–Crippen LogP) is 4.53. The van der Waals surface area contributed by atoms with Gasteiger partial charge in [0, 0.05) is 9.75 Å². The fraction of sp³-hybridized carbons (Fsp3) is 0.158. The van der Waals surface area contributed by atoms with Crippen molar-refractivity contribution >= 4 is 34.3 Å². The average molecular weight is 370 g/mol. The van der Waals surface area contributed by atoms with Crippen LogP contribution in [0.2, 0.25) is 0 Å². The molecule has 3 rings (SSSR count). The highest BCUT2D eigenvalue weighted by Crippen LogP contribution is 2.28. The number of thiophene rings is 2. The zero-order chi connectivity index (χ0) is 17.5. The van der Waals surface area contributed by atoms with Crippen molar-refractivity contribution in [2.24, 2.45) is 5.16 Å². The van der Waals surface area contributed by atoms with Crippen LogP contribution < -0.4 is 5.32 Å². The van der Waals surface area contributed by atoms with E-state index in [9.17, 15) is 4.79 Å². The van der Waals surface area contributed by atoms with Crippen LogP contribution in [0.3, 0.4) is 0 Å².